The zero-order chi connectivity index (χ0) is 11.8. The fourth-order valence-corrected chi connectivity index (χ4v) is 2.81. The van der Waals surface area contributed by atoms with Crippen LogP contribution in [0.5, 0.6) is 0 Å². The molecule has 0 radical (unpaired) electrons. The third-order valence-corrected chi connectivity index (χ3v) is 4.23. The number of thioether (sulfide) groups is 1. The van der Waals surface area contributed by atoms with Gasteiger partial charge in [-0.05, 0) is 36.8 Å². The van der Waals surface area contributed by atoms with E-state index in [-0.39, 0.29) is 17.0 Å². The lowest BCUT2D eigenvalue weighted by molar-refractivity contribution is 0.242. The van der Waals surface area contributed by atoms with Crippen molar-refractivity contribution in [2.24, 2.45) is 5.73 Å². The van der Waals surface area contributed by atoms with E-state index in [1.807, 2.05) is 0 Å². The van der Waals surface area contributed by atoms with E-state index in [4.69, 9.17) is 5.73 Å². The Balaban J connectivity index is 2.51. The van der Waals surface area contributed by atoms with Crippen molar-refractivity contribution in [2.45, 2.75) is 29.6 Å². The molecule has 0 spiro atoms. The zero-order valence-corrected chi connectivity index (χ0v) is 10.0. The van der Waals surface area contributed by atoms with E-state index in [1.165, 1.54) is 23.9 Å². The fourth-order valence-electron chi connectivity index (χ4n) is 2.29. The van der Waals surface area contributed by atoms with Crippen molar-refractivity contribution in [3.8, 4) is 0 Å². The molecule has 2 N–H and O–H groups in total. The molecule has 0 saturated heterocycles. The smallest absolute Gasteiger partial charge is 0.140 e. The molecule has 1 aromatic carbocycles. The zero-order valence-electron chi connectivity index (χ0n) is 9.22. The topological polar surface area (TPSA) is 26.0 Å². The van der Waals surface area contributed by atoms with Gasteiger partial charge in [0, 0.05) is 16.9 Å². The molecule has 88 valence electrons. The van der Waals surface area contributed by atoms with Crippen molar-refractivity contribution in [3.05, 3.63) is 29.3 Å². The summed E-state index contributed by atoms with van der Waals surface area (Å²) in [6, 6.07) is 2.55. The molecular formula is C12H15F2NS. The molecule has 0 aromatic heterocycles. The highest BCUT2D eigenvalue weighted by Crippen LogP contribution is 2.45. The van der Waals surface area contributed by atoms with Gasteiger partial charge in [0.1, 0.15) is 11.6 Å². The van der Waals surface area contributed by atoms with Crippen molar-refractivity contribution in [1.29, 1.82) is 0 Å². The van der Waals surface area contributed by atoms with Gasteiger partial charge < -0.3 is 5.73 Å². The van der Waals surface area contributed by atoms with Gasteiger partial charge in [-0.15, -0.1) is 11.8 Å². The van der Waals surface area contributed by atoms with Gasteiger partial charge in [0.15, 0.2) is 0 Å². The molecule has 1 nitrogen and oxygen atoms in total. The number of nitrogens with two attached hydrogens (primary N) is 1. The van der Waals surface area contributed by atoms with Crippen molar-refractivity contribution >= 4 is 11.8 Å². The molecule has 1 fully saturated rings. The summed E-state index contributed by atoms with van der Waals surface area (Å²) in [5.74, 6) is -0.667. The molecule has 2 rings (SSSR count). The van der Waals surface area contributed by atoms with Crippen LogP contribution in [-0.4, -0.2) is 12.8 Å². The largest absolute Gasteiger partial charge is 0.330 e. The van der Waals surface area contributed by atoms with Gasteiger partial charge in [0.25, 0.3) is 0 Å². The van der Waals surface area contributed by atoms with Gasteiger partial charge >= 0.3 is 0 Å². The van der Waals surface area contributed by atoms with Crippen LogP contribution in [0.2, 0.25) is 0 Å². The Hall–Kier alpha value is -0.610. The minimum Gasteiger partial charge on any atom is -0.330 e. The van der Waals surface area contributed by atoms with Gasteiger partial charge in [-0.2, -0.15) is 0 Å². The third kappa shape index (κ3) is 1.74. The second-order valence-corrected chi connectivity index (χ2v) is 5.16. The monoisotopic (exact) mass is 243 g/mol. The summed E-state index contributed by atoms with van der Waals surface area (Å²) in [6.45, 7) is 0.390. The number of halogens is 2. The van der Waals surface area contributed by atoms with Crippen LogP contribution in [0.4, 0.5) is 8.78 Å². The van der Waals surface area contributed by atoms with Crippen LogP contribution in [0, 0.1) is 11.6 Å². The Morgan fingerprint density at radius 3 is 2.50 bits per heavy atom. The standard InChI is InChI=1S/C12H15F2NS/c1-16-10-6-8(13)5-9(11(10)14)12(7-15)3-2-4-12/h5-6H,2-4,7,15H2,1H3. The molecule has 4 heteroatoms. The van der Waals surface area contributed by atoms with E-state index in [9.17, 15) is 8.78 Å². The van der Waals surface area contributed by atoms with Crippen LogP contribution < -0.4 is 5.73 Å². The normalized spacial score (nSPS) is 18.2. The number of benzene rings is 1. The van der Waals surface area contributed by atoms with Gasteiger partial charge in [-0.1, -0.05) is 6.42 Å². The van der Waals surface area contributed by atoms with E-state index in [2.05, 4.69) is 0 Å². The van der Waals surface area contributed by atoms with Crippen LogP contribution in [0.15, 0.2) is 17.0 Å². The fraction of sp³-hybridized carbons (Fsp3) is 0.500. The first-order valence-corrected chi connectivity index (χ1v) is 6.59. The number of rotatable bonds is 3. The Bertz CT molecular complexity index is 397. The molecule has 0 atom stereocenters. The molecule has 0 unspecified atom stereocenters. The van der Waals surface area contributed by atoms with Gasteiger partial charge in [0.05, 0.1) is 0 Å². The summed E-state index contributed by atoms with van der Waals surface area (Å²) in [6.07, 6.45) is 4.51. The Kier molecular flexibility index (Phi) is 3.22. The summed E-state index contributed by atoms with van der Waals surface area (Å²) in [4.78, 5) is 0.370. The van der Waals surface area contributed by atoms with Crippen molar-refractivity contribution in [2.75, 3.05) is 12.8 Å². The maximum Gasteiger partial charge on any atom is 0.140 e. The maximum absolute atomic E-state index is 14.1. The van der Waals surface area contributed by atoms with Crippen LogP contribution in [0.3, 0.4) is 0 Å². The molecule has 0 heterocycles. The van der Waals surface area contributed by atoms with E-state index in [0.29, 0.717) is 17.0 Å². The van der Waals surface area contributed by atoms with Crippen molar-refractivity contribution in [1.82, 2.24) is 0 Å². The van der Waals surface area contributed by atoms with Gasteiger partial charge in [0.2, 0.25) is 0 Å². The molecule has 0 aliphatic heterocycles. The molecule has 1 aliphatic carbocycles. The summed E-state index contributed by atoms with van der Waals surface area (Å²) < 4.78 is 27.5. The summed E-state index contributed by atoms with van der Waals surface area (Å²) in [5, 5.41) is 0. The maximum atomic E-state index is 14.1. The van der Waals surface area contributed by atoms with Gasteiger partial charge in [-0.25, -0.2) is 8.78 Å². The van der Waals surface area contributed by atoms with Crippen LogP contribution in [-0.2, 0) is 5.41 Å². The van der Waals surface area contributed by atoms with Crippen LogP contribution in [0.1, 0.15) is 24.8 Å². The van der Waals surface area contributed by atoms with E-state index in [1.54, 1.807) is 6.26 Å². The highest BCUT2D eigenvalue weighted by molar-refractivity contribution is 7.98. The predicted octanol–water partition coefficient (Wildman–Crippen LogP) is 3.07. The highest BCUT2D eigenvalue weighted by atomic mass is 32.2. The molecule has 16 heavy (non-hydrogen) atoms. The third-order valence-electron chi connectivity index (χ3n) is 3.50. The predicted molar refractivity (Wildman–Crippen MR) is 62.7 cm³/mol. The van der Waals surface area contributed by atoms with Crippen LogP contribution in [0.25, 0.3) is 0 Å². The average molecular weight is 243 g/mol. The summed E-state index contributed by atoms with van der Waals surface area (Å²) in [5.41, 5.74) is 5.86. The van der Waals surface area contributed by atoms with Crippen molar-refractivity contribution in [3.63, 3.8) is 0 Å². The average Bonchev–Trinajstić information content (AvgIpc) is 2.21. The molecule has 1 aromatic rings. The first-order chi connectivity index (χ1) is 7.63. The Morgan fingerprint density at radius 1 is 1.38 bits per heavy atom. The number of hydrogen-bond donors (Lipinski definition) is 1. The second kappa shape index (κ2) is 4.34. The van der Waals surface area contributed by atoms with Crippen molar-refractivity contribution < 1.29 is 8.78 Å². The minimum atomic E-state index is -0.375. The Morgan fingerprint density at radius 2 is 2.06 bits per heavy atom. The molecule has 0 amide bonds. The number of hydrogen-bond acceptors (Lipinski definition) is 2. The highest BCUT2D eigenvalue weighted by Gasteiger charge is 2.40. The quantitative estimate of drug-likeness (QED) is 0.826. The lowest BCUT2D eigenvalue weighted by atomic mass is 9.64. The molecule has 0 bridgehead atoms. The lowest BCUT2D eigenvalue weighted by Crippen LogP contribution is -2.42. The second-order valence-electron chi connectivity index (χ2n) is 4.31. The van der Waals surface area contributed by atoms with E-state index in [0.717, 1.165) is 19.3 Å². The first kappa shape index (κ1) is 11.9. The molecule has 1 saturated carbocycles. The van der Waals surface area contributed by atoms with Gasteiger partial charge in [-0.3, -0.25) is 0 Å². The summed E-state index contributed by atoms with van der Waals surface area (Å²) in [7, 11) is 0. The summed E-state index contributed by atoms with van der Waals surface area (Å²) >= 11 is 1.23. The molecule has 1 aliphatic rings. The SMILES string of the molecule is CSc1cc(F)cc(C2(CN)CCC2)c1F. The lowest BCUT2D eigenvalue weighted by Gasteiger charge is -2.41. The van der Waals surface area contributed by atoms with E-state index < -0.39 is 0 Å². The Labute approximate surface area is 98.4 Å². The first-order valence-electron chi connectivity index (χ1n) is 5.36. The van der Waals surface area contributed by atoms with E-state index >= 15 is 0 Å². The molecular weight excluding hydrogens is 228 g/mol. The van der Waals surface area contributed by atoms with Crippen LogP contribution >= 0.6 is 11.8 Å². The minimum absolute atomic E-state index is 0.293.